The highest BCUT2D eigenvalue weighted by molar-refractivity contribution is 7.89. The van der Waals surface area contributed by atoms with Gasteiger partial charge in [0.25, 0.3) is 5.91 Å². The van der Waals surface area contributed by atoms with Gasteiger partial charge in [-0.3, -0.25) is 4.79 Å². The van der Waals surface area contributed by atoms with Gasteiger partial charge in [-0.15, -0.1) is 0 Å². The number of nitrogens with one attached hydrogen (secondary N) is 1. The number of amides is 1. The first-order chi connectivity index (χ1) is 9.47. The van der Waals surface area contributed by atoms with Crippen LogP contribution in [0.2, 0.25) is 0 Å². The second-order valence-electron chi connectivity index (χ2n) is 5.14. The van der Waals surface area contributed by atoms with Gasteiger partial charge in [0.1, 0.15) is 17.1 Å². The Kier molecular flexibility index (Phi) is 3.79. The van der Waals surface area contributed by atoms with Crippen molar-refractivity contribution in [3.05, 3.63) is 18.0 Å². The molecule has 0 spiro atoms. The van der Waals surface area contributed by atoms with E-state index in [2.05, 4.69) is 5.32 Å². The number of hydrogen-bond donors (Lipinski definition) is 2. The zero-order chi connectivity index (χ0) is 16.0. The molecule has 1 aliphatic rings. The topological polar surface area (TPSA) is 94.2 Å². The normalized spacial score (nSPS) is 22.1. The summed E-state index contributed by atoms with van der Waals surface area (Å²) in [5, 5.41) is 7.43. The molecule has 1 aromatic heterocycles. The van der Waals surface area contributed by atoms with E-state index >= 15 is 0 Å². The van der Waals surface area contributed by atoms with Gasteiger partial charge in [-0.2, -0.15) is 13.2 Å². The second-order valence-corrected chi connectivity index (χ2v) is 6.70. The number of sulfonamides is 1. The molecule has 118 valence electrons. The minimum Gasteiger partial charge on any atom is -0.348 e. The summed E-state index contributed by atoms with van der Waals surface area (Å²) in [5.41, 5.74) is -0.379. The lowest BCUT2D eigenvalue weighted by Crippen LogP contribution is -2.30. The highest BCUT2D eigenvalue weighted by Crippen LogP contribution is 2.29. The molecule has 0 saturated heterocycles. The number of carbonyl (C=O) groups is 1. The zero-order valence-electron chi connectivity index (χ0n) is 11.0. The van der Waals surface area contributed by atoms with Crippen molar-refractivity contribution in [1.29, 1.82) is 0 Å². The quantitative estimate of drug-likeness (QED) is 0.859. The number of primary sulfonamides is 1. The van der Waals surface area contributed by atoms with E-state index in [1.807, 2.05) is 6.92 Å². The Labute approximate surface area is 119 Å². The van der Waals surface area contributed by atoms with E-state index in [1.54, 1.807) is 0 Å². The van der Waals surface area contributed by atoms with Crippen molar-refractivity contribution in [1.82, 2.24) is 9.88 Å². The van der Waals surface area contributed by atoms with Crippen LogP contribution in [0.5, 0.6) is 0 Å². The van der Waals surface area contributed by atoms with Crippen LogP contribution in [0.15, 0.2) is 17.2 Å². The van der Waals surface area contributed by atoms with Gasteiger partial charge in [-0.05, 0) is 18.4 Å². The molecule has 0 radical (unpaired) electrons. The first-order valence-corrected chi connectivity index (χ1v) is 7.62. The number of nitrogens with two attached hydrogens (primary N) is 1. The summed E-state index contributed by atoms with van der Waals surface area (Å²) in [6.45, 7) is 0.418. The highest BCUT2D eigenvalue weighted by Gasteiger charge is 2.36. The Morgan fingerprint density at radius 2 is 2.10 bits per heavy atom. The van der Waals surface area contributed by atoms with Crippen LogP contribution in [0.3, 0.4) is 0 Å². The number of carbonyl (C=O) groups excluding carboxylic acids is 1. The number of hydrogen-bond acceptors (Lipinski definition) is 3. The molecule has 1 aliphatic carbocycles. The molecule has 2 rings (SSSR count). The lowest BCUT2D eigenvalue weighted by molar-refractivity contribution is -0.140. The number of alkyl halides is 3. The van der Waals surface area contributed by atoms with Gasteiger partial charge in [0.15, 0.2) is 0 Å². The van der Waals surface area contributed by atoms with E-state index in [0.717, 1.165) is 12.5 Å². The molecule has 6 nitrogen and oxygen atoms in total. The third kappa shape index (κ3) is 3.97. The predicted molar refractivity (Wildman–Crippen MR) is 66.9 cm³/mol. The van der Waals surface area contributed by atoms with Crippen LogP contribution in [0, 0.1) is 5.92 Å². The molecule has 2 unspecified atom stereocenters. The average molecular weight is 325 g/mol. The van der Waals surface area contributed by atoms with E-state index in [0.29, 0.717) is 10.8 Å². The molecule has 21 heavy (non-hydrogen) atoms. The molecule has 1 aromatic rings. The number of halogens is 3. The van der Waals surface area contributed by atoms with Crippen LogP contribution in [0.1, 0.15) is 23.8 Å². The fourth-order valence-electron chi connectivity index (χ4n) is 1.92. The van der Waals surface area contributed by atoms with Gasteiger partial charge in [0.2, 0.25) is 10.0 Å². The summed E-state index contributed by atoms with van der Waals surface area (Å²) in [4.78, 5) is 11.4. The molecular weight excluding hydrogens is 311 g/mol. The van der Waals surface area contributed by atoms with Gasteiger partial charge < -0.3 is 9.88 Å². The maximum absolute atomic E-state index is 12.5. The van der Waals surface area contributed by atoms with Crippen LogP contribution in [0.25, 0.3) is 0 Å². The fourth-order valence-corrected chi connectivity index (χ4v) is 2.47. The summed E-state index contributed by atoms with van der Waals surface area (Å²) < 4.78 is 60.5. The van der Waals surface area contributed by atoms with Gasteiger partial charge in [0, 0.05) is 12.2 Å². The molecular formula is C11H14F3N3O3S. The third-order valence-electron chi connectivity index (χ3n) is 3.21. The van der Waals surface area contributed by atoms with E-state index in [9.17, 15) is 26.4 Å². The maximum atomic E-state index is 12.5. The third-order valence-corrected chi connectivity index (χ3v) is 4.09. The van der Waals surface area contributed by atoms with Crippen molar-refractivity contribution in [3.63, 3.8) is 0 Å². The minimum absolute atomic E-state index is 0.0929. The maximum Gasteiger partial charge on any atom is 0.406 e. The number of aromatic nitrogens is 1. The van der Waals surface area contributed by atoms with Crippen molar-refractivity contribution < 1.29 is 26.4 Å². The van der Waals surface area contributed by atoms with Crippen molar-refractivity contribution >= 4 is 15.9 Å². The Hall–Kier alpha value is -1.55. The summed E-state index contributed by atoms with van der Waals surface area (Å²) in [6, 6.07) is 0.758. The molecule has 0 aromatic carbocycles. The van der Waals surface area contributed by atoms with Crippen LogP contribution in [0.4, 0.5) is 13.2 Å². The summed E-state index contributed by atoms with van der Waals surface area (Å²) in [7, 11) is -4.19. The van der Waals surface area contributed by atoms with Gasteiger partial charge in [-0.25, -0.2) is 13.6 Å². The van der Waals surface area contributed by atoms with E-state index in [-0.39, 0.29) is 17.7 Å². The molecule has 0 aliphatic heterocycles. The van der Waals surface area contributed by atoms with Crippen LogP contribution in [-0.2, 0) is 16.6 Å². The average Bonchev–Trinajstić information content (AvgIpc) is 2.81. The van der Waals surface area contributed by atoms with Gasteiger partial charge in [-0.1, -0.05) is 6.92 Å². The molecule has 0 bridgehead atoms. The van der Waals surface area contributed by atoms with Gasteiger partial charge >= 0.3 is 6.18 Å². The van der Waals surface area contributed by atoms with Crippen molar-refractivity contribution in [2.75, 3.05) is 0 Å². The SMILES string of the molecule is CC1CC1NC(=O)c1cc(S(N)(=O)=O)cn1CC(F)(F)F. The van der Waals surface area contributed by atoms with E-state index < -0.39 is 33.5 Å². The Morgan fingerprint density at radius 3 is 2.52 bits per heavy atom. The predicted octanol–water partition coefficient (Wildman–Crippen LogP) is 0.836. The number of rotatable bonds is 4. The zero-order valence-corrected chi connectivity index (χ0v) is 11.8. The molecule has 3 N–H and O–H groups in total. The Morgan fingerprint density at radius 1 is 1.52 bits per heavy atom. The lowest BCUT2D eigenvalue weighted by Gasteiger charge is -2.11. The Bertz CT molecular complexity index is 666. The molecule has 1 fully saturated rings. The molecule has 1 saturated carbocycles. The first kappa shape index (κ1) is 15.8. The van der Waals surface area contributed by atoms with Gasteiger partial charge in [0.05, 0.1) is 0 Å². The summed E-state index contributed by atoms with van der Waals surface area (Å²) in [6.07, 6.45) is -3.13. The number of nitrogens with zero attached hydrogens (tertiary/aromatic N) is 1. The lowest BCUT2D eigenvalue weighted by atomic mass is 10.3. The van der Waals surface area contributed by atoms with Crippen molar-refractivity contribution in [3.8, 4) is 0 Å². The molecule has 2 atom stereocenters. The van der Waals surface area contributed by atoms with Crippen LogP contribution < -0.4 is 10.5 Å². The smallest absolute Gasteiger partial charge is 0.348 e. The minimum atomic E-state index is -4.59. The molecule has 1 heterocycles. The standard InChI is InChI=1S/C11H14F3N3O3S/c1-6-2-8(6)16-10(18)9-3-7(21(15,19)20)4-17(9)5-11(12,13)14/h3-4,6,8H,2,5H2,1H3,(H,16,18)(H2,15,19,20). The largest absolute Gasteiger partial charge is 0.406 e. The van der Waals surface area contributed by atoms with E-state index in [4.69, 9.17) is 5.14 Å². The van der Waals surface area contributed by atoms with Crippen LogP contribution >= 0.6 is 0 Å². The second kappa shape index (κ2) is 5.02. The highest BCUT2D eigenvalue weighted by atomic mass is 32.2. The Balaban J connectivity index is 2.32. The first-order valence-electron chi connectivity index (χ1n) is 6.08. The van der Waals surface area contributed by atoms with E-state index in [1.165, 1.54) is 0 Å². The summed E-state index contributed by atoms with van der Waals surface area (Å²) >= 11 is 0. The monoisotopic (exact) mass is 325 g/mol. The van der Waals surface area contributed by atoms with Crippen molar-refractivity contribution in [2.45, 2.75) is 37.0 Å². The molecule has 10 heteroatoms. The summed E-state index contributed by atoms with van der Waals surface area (Å²) in [5.74, 6) is -0.485. The fraction of sp³-hybridized carbons (Fsp3) is 0.545. The van der Waals surface area contributed by atoms with Crippen molar-refractivity contribution in [2.24, 2.45) is 11.1 Å². The molecule has 1 amide bonds. The van der Waals surface area contributed by atoms with Crippen LogP contribution in [-0.4, -0.2) is 31.1 Å².